The summed E-state index contributed by atoms with van der Waals surface area (Å²) >= 11 is 0. The number of hydrogen-bond acceptors (Lipinski definition) is 3. The van der Waals surface area contributed by atoms with Crippen LogP contribution in [0.5, 0.6) is 0 Å². The van der Waals surface area contributed by atoms with Crippen LogP contribution in [-0.4, -0.2) is 36.5 Å². The average molecular weight is 227 g/mol. The van der Waals surface area contributed by atoms with Crippen LogP contribution in [0.15, 0.2) is 0 Å². The van der Waals surface area contributed by atoms with Crippen molar-refractivity contribution >= 4 is 11.9 Å². The molecule has 1 heterocycles. The van der Waals surface area contributed by atoms with Crippen molar-refractivity contribution in [2.75, 3.05) is 19.7 Å². The number of hydrogen-bond donors (Lipinski definition) is 0. The summed E-state index contributed by atoms with van der Waals surface area (Å²) in [5.74, 6) is 0.0751. The lowest BCUT2D eigenvalue weighted by Gasteiger charge is -2.19. The maximum Gasteiger partial charge on any atom is 0.305 e. The molecule has 16 heavy (non-hydrogen) atoms. The molecular formula is C12H21NO3. The SMILES string of the molecule is CCOC(=O)CCCN1CCCCCC1=O. The third-order valence-electron chi connectivity index (χ3n) is 2.79. The zero-order chi connectivity index (χ0) is 11.8. The van der Waals surface area contributed by atoms with E-state index in [-0.39, 0.29) is 11.9 Å². The summed E-state index contributed by atoms with van der Waals surface area (Å²) < 4.78 is 4.84. The fourth-order valence-electron chi connectivity index (χ4n) is 1.92. The molecule has 0 aromatic rings. The molecule has 0 aromatic carbocycles. The Morgan fingerprint density at radius 1 is 1.38 bits per heavy atom. The Morgan fingerprint density at radius 3 is 2.94 bits per heavy atom. The molecule has 92 valence electrons. The lowest BCUT2D eigenvalue weighted by Crippen LogP contribution is -2.31. The first-order valence-corrected chi connectivity index (χ1v) is 6.17. The number of likely N-dealkylation sites (tertiary alicyclic amines) is 1. The van der Waals surface area contributed by atoms with Crippen LogP contribution >= 0.6 is 0 Å². The minimum Gasteiger partial charge on any atom is -0.466 e. The van der Waals surface area contributed by atoms with Gasteiger partial charge < -0.3 is 9.64 Å². The first kappa shape index (κ1) is 13.0. The summed E-state index contributed by atoms with van der Waals surface area (Å²) in [5, 5.41) is 0. The van der Waals surface area contributed by atoms with Crippen LogP contribution < -0.4 is 0 Å². The Bertz CT molecular complexity index is 240. The van der Waals surface area contributed by atoms with Gasteiger partial charge in [0.25, 0.3) is 0 Å². The molecule has 0 atom stereocenters. The van der Waals surface area contributed by atoms with Crippen molar-refractivity contribution in [1.82, 2.24) is 4.90 Å². The molecule has 0 N–H and O–H groups in total. The van der Waals surface area contributed by atoms with E-state index in [2.05, 4.69) is 0 Å². The molecule has 0 aliphatic carbocycles. The number of nitrogens with zero attached hydrogens (tertiary/aromatic N) is 1. The van der Waals surface area contributed by atoms with E-state index in [4.69, 9.17) is 4.74 Å². The monoisotopic (exact) mass is 227 g/mol. The lowest BCUT2D eigenvalue weighted by molar-refractivity contribution is -0.143. The van der Waals surface area contributed by atoms with Gasteiger partial charge in [-0.25, -0.2) is 0 Å². The first-order valence-electron chi connectivity index (χ1n) is 6.17. The predicted octanol–water partition coefficient (Wildman–Crippen LogP) is 1.73. The van der Waals surface area contributed by atoms with Gasteiger partial charge in [-0.1, -0.05) is 6.42 Å². The molecule has 0 aromatic heterocycles. The third kappa shape index (κ3) is 4.64. The van der Waals surface area contributed by atoms with Crippen LogP contribution in [0.25, 0.3) is 0 Å². The Labute approximate surface area is 96.9 Å². The van der Waals surface area contributed by atoms with Gasteiger partial charge in [-0.3, -0.25) is 9.59 Å². The largest absolute Gasteiger partial charge is 0.466 e. The highest BCUT2D eigenvalue weighted by atomic mass is 16.5. The molecule has 4 nitrogen and oxygen atoms in total. The molecule has 0 spiro atoms. The zero-order valence-corrected chi connectivity index (χ0v) is 10.0. The zero-order valence-electron chi connectivity index (χ0n) is 10.0. The molecular weight excluding hydrogens is 206 g/mol. The number of rotatable bonds is 5. The minimum absolute atomic E-state index is 0.162. The molecule has 1 rings (SSSR count). The molecule has 1 amide bonds. The summed E-state index contributed by atoms with van der Waals surface area (Å²) in [6, 6.07) is 0. The smallest absolute Gasteiger partial charge is 0.305 e. The van der Waals surface area contributed by atoms with Gasteiger partial charge >= 0.3 is 5.97 Å². The van der Waals surface area contributed by atoms with E-state index in [0.29, 0.717) is 32.4 Å². The highest BCUT2D eigenvalue weighted by molar-refractivity contribution is 5.76. The van der Waals surface area contributed by atoms with Crippen molar-refractivity contribution in [3.63, 3.8) is 0 Å². The number of carbonyl (C=O) groups is 2. The van der Waals surface area contributed by atoms with Crippen molar-refractivity contribution in [2.24, 2.45) is 0 Å². The van der Waals surface area contributed by atoms with Crippen molar-refractivity contribution in [3.8, 4) is 0 Å². The molecule has 1 aliphatic rings. The van der Waals surface area contributed by atoms with E-state index in [1.54, 1.807) is 6.92 Å². The van der Waals surface area contributed by atoms with Crippen molar-refractivity contribution in [1.29, 1.82) is 0 Å². The van der Waals surface area contributed by atoms with Gasteiger partial charge in [0, 0.05) is 25.9 Å². The van der Waals surface area contributed by atoms with Gasteiger partial charge in [0.05, 0.1) is 6.61 Å². The standard InChI is InChI=1S/C12H21NO3/c1-2-16-12(15)8-6-10-13-9-5-3-4-7-11(13)14/h2-10H2,1H3. The Morgan fingerprint density at radius 2 is 2.19 bits per heavy atom. The molecule has 4 heteroatoms. The third-order valence-corrected chi connectivity index (χ3v) is 2.79. The van der Waals surface area contributed by atoms with Gasteiger partial charge in [0.1, 0.15) is 0 Å². The van der Waals surface area contributed by atoms with Crippen molar-refractivity contribution in [2.45, 2.75) is 45.4 Å². The van der Waals surface area contributed by atoms with E-state index in [0.717, 1.165) is 25.8 Å². The highest BCUT2D eigenvalue weighted by Crippen LogP contribution is 2.11. The van der Waals surface area contributed by atoms with E-state index in [1.165, 1.54) is 0 Å². The second-order valence-corrected chi connectivity index (χ2v) is 4.10. The highest BCUT2D eigenvalue weighted by Gasteiger charge is 2.16. The van der Waals surface area contributed by atoms with Crippen molar-refractivity contribution in [3.05, 3.63) is 0 Å². The Balaban J connectivity index is 2.20. The molecule has 0 bridgehead atoms. The molecule has 0 saturated carbocycles. The molecule has 1 fully saturated rings. The Kier molecular flexibility index (Phi) is 5.90. The number of ether oxygens (including phenoxy) is 1. The first-order chi connectivity index (χ1) is 7.74. The molecule has 0 unspecified atom stereocenters. The minimum atomic E-state index is -0.162. The second kappa shape index (κ2) is 7.25. The van der Waals surface area contributed by atoms with Gasteiger partial charge in [0.15, 0.2) is 0 Å². The maximum absolute atomic E-state index is 11.6. The quantitative estimate of drug-likeness (QED) is 0.672. The van der Waals surface area contributed by atoms with Crippen LogP contribution in [-0.2, 0) is 14.3 Å². The summed E-state index contributed by atoms with van der Waals surface area (Å²) in [5.41, 5.74) is 0. The van der Waals surface area contributed by atoms with Gasteiger partial charge in [0.2, 0.25) is 5.91 Å². The lowest BCUT2D eigenvalue weighted by atomic mass is 10.2. The molecule has 1 saturated heterocycles. The van der Waals surface area contributed by atoms with Crippen molar-refractivity contribution < 1.29 is 14.3 Å². The van der Waals surface area contributed by atoms with Crippen LogP contribution in [0.1, 0.15) is 45.4 Å². The normalized spacial score (nSPS) is 17.1. The number of esters is 1. The fraction of sp³-hybridized carbons (Fsp3) is 0.833. The molecule has 0 radical (unpaired) electrons. The summed E-state index contributed by atoms with van der Waals surface area (Å²) in [7, 11) is 0. The fourth-order valence-corrected chi connectivity index (χ4v) is 1.92. The van der Waals surface area contributed by atoms with Gasteiger partial charge in [-0.05, 0) is 26.2 Å². The number of carbonyl (C=O) groups excluding carboxylic acids is 2. The molecule has 1 aliphatic heterocycles. The topological polar surface area (TPSA) is 46.6 Å². The maximum atomic E-state index is 11.6. The van der Waals surface area contributed by atoms with Crippen LogP contribution in [0.2, 0.25) is 0 Å². The Hall–Kier alpha value is -1.06. The van der Waals surface area contributed by atoms with Crippen LogP contribution in [0.4, 0.5) is 0 Å². The summed E-state index contributed by atoms with van der Waals surface area (Å²) in [6.07, 6.45) is 5.03. The van der Waals surface area contributed by atoms with Crippen LogP contribution in [0, 0.1) is 0 Å². The van der Waals surface area contributed by atoms with E-state index >= 15 is 0 Å². The van der Waals surface area contributed by atoms with E-state index < -0.39 is 0 Å². The second-order valence-electron chi connectivity index (χ2n) is 4.10. The van der Waals surface area contributed by atoms with Gasteiger partial charge in [-0.15, -0.1) is 0 Å². The number of amides is 1. The van der Waals surface area contributed by atoms with Gasteiger partial charge in [-0.2, -0.15) is 0 Å². The van der Waals surface area contributed by atoms with E-state index in [1.807, 2.05) is 4.90 Å². The summed E-state index contributed by atoms with van der Waals surface area (Å²) in [4.78, 5) is 24.6. The predicted molar refractivity (Wildman–Crippen MR) is 60.9 cm³/mol. The average Bonchev–Trinajstić information content (AvgIpc) is 2.45. The van der Waals surface area contributed by atoms with Crippen LogP contribution in [0.3, 0.4) is 0 Å². The summed E-state index contributed by atoms with van der Waals surface area (Å²) in [6.45, 7) is 3.77. The van der Waals surface area contributed by atoms with E-state index in [9.17, 15) is 9.59 Å².